The second-order valence-electron chi connectivity index (χ2n) is 5.17. The van der Waals surface area contributed by atoms with Crippen LogP contribution in [-0.2, 0) is 0 Å². The Hall–Kier alpha value is -1.40. The van der Waals surface area contributed by atoms with Crippen LogP contribution in [0, 0.1) is 0 Å². The molecule has 3 aliphatic rings. The van der Waals surface area contributed by atoms with E-state index < -0.39 is 0 Å². The van der Waals surface area contributed by atoms with Gasteiger partial charge in [-0.3, -0.25) is 0 Å². The van der Waals surface area contributed by atoms with Crippen LogP contribution in [0.2, 0.25) is 0 Å². The molecule has 2 aromatic rings. The van der Waals surface area contributed by atoms with Gasteiger partial charge in [-0.15, -0.1) is 5.10 Å². The van der Waals surface area contributed by atoms with Crippen molar-refractivity contribution in [2.24, 2.45) is 0 Å². The van der Waals surface area contributed by atoms with Crippen LogP contribution in [0.25, 0.3) is 11.5 Å². The lowest BCUT2D eigenvalue weighted by molar-refractivity contribution is 0.249. The molecule has 19 heavy (non-hydrogen) atoms. The highest BCUT2D eigenvalue weighted by Crippen LogP contribution is 2.28. The van der Waals surface area contributed by atoms with Gasteiger partial charge in [-0.25, -0.2) is 0 Å². The zero-order valence-corrected chi connectivity index (χ0v) is 11.5. The molecular formula is C13H16N4OS. The largest absolute Gasteiger partial charge is 0.403 e. The number of hydrogen-bond acceptors (Lipinski definition) is 6. The topological polar surface area (TPSA) is 45.4 Å². The van der Waals surface area contributed by atoms with Crippen molar-refractivity contribution in [1.82, 2.24) is 15.1 Å². The summed E-state index contributed by atoms with van der Waals surface area (Å²) < 4.78 is 5.87. The van der Waals surface area contributed by atoms with Crippen molar-refractivity contribution < 1.29 is 4.42 Å². The third-order valence-corrected chi connectivity index (χ3v) is 4.77. The van der Waals surface area contributed by atoms with E-state index in [1.54, 1.807) is 11.3 Å². The van der Waals surface area contributed by atoms with Gasteiger partial charge in [-0.05, 0) is 24.3 Å². The van der Waals surface area contributed by atoms with Crippen LogP contribution in [0.15, 0.2) is 21.2 Å². The van der Waals surface area contributed by atoms with Crippen LogP contribution < -0.4 is 4.90 Å². The van der Waals surface area contributed by atoms with Crippen molar-refractivity contribution in [3.05, 3.63) is 16.8 Å². The molecule has 0 spiro atoms. The normalized spacial score (nSPS) is 26.6. The second kappa shape index (κ2) is 4.61. The summed E-state index contributed by atoms with van der Waals surface area (Å²) in [6, 6.07) is 3.27. The van der Waals surface area contributed by atoms with Gasteiger partial charge in [0.05, 0.1) is 0 Å². The summed E-state index contributed by atoms with van der Waals surface area (Å²) in [6.45, 7) is 4.50. The summed E-state index contributed by atoms with van der Waals surface area (Å²) in [5.74, 6) is 0.635. The van der Waals surface area contributed by atoms with E-state index in [9.17, 15) is 0 Å². The molecule has 2 bridgehead atoms. The summed E-state index contributed by atoms with van der Waals surface area (Å²) >= 11 is 1.65. The Morgan fingerprint density at radius 2 is 2.05 bits per heavy atom. The molecule has 0 unspecified atom stereocenters. The summed E-state index contributed by atoms with van der Waals surface area (Å²) in [5.41, 5.74) is 1.02. The first-order valence-corrected chi connectivity index (χ1v) is 7.69. The average Bonchev–Trinajstić information content (AvgIpc) is 3.05. The molecule has 0 amide bonds. The maximum absolute atomic E-state index is 5.87. The highest BCUT2D eigenvalue weighted by atomic mass is 32.1. The number of anilines is 1. The van der Waals surface area contributed by atoms with Crippen molar-refractivity contribution >= 4 is 17.4 Å². The molecule has 6 heteroatoms. The molecule has 0 N–H and O–H groups in total. The van der Waals surface area contributed by atoms with Gasteiger partial charge in [0.2, 0.25) is 0 Å². The maximum atomic E-state index is 5.87. The Morgan fingerprint density at radius 1 is 1.16 bits per heavy atom. The third kappa shape index (κ3) is 2.04. The van der Waals surface area contributed by atoms with Gasteiger partial charge in [-0.2, -0.15) is 11.3 Å². The first-order chi connectivity index (χ1) is 9.40. The number of piperidine rings is 1. The lowest BCUT2D eigenvalue weighted by Gasteiger charge is -2.29. The Labute approximate surface area is 115 Å². The van der Waals surface area contributed by atoms with Gasteiger partial charge in [0.25, 0.3) is 5.89 Å². The number of rotatable bonds is 2. The van der Waals surface area contributed by atoms with Crippen LogP contribution in [0.5, 0.6) is 0 Å². The zero-order chi connectivity index (χ0) is 12.7. The fourth-order valence-corrected chi connectivity index (χ4v) is 3.60. The predicted octanol–water partition coefficient (Wildman–Crippen LogP) is 2.08. The monoisotopic (exact) mass is 276 g/mol. The summed E-state index contributed by atoms with van der Waals surface area (Å²) in [5, 5.41) is 12.5. The highest BCUT2D eigenvalue weighted by molar-refractivity contribution is 7.08. The molecule has 5 heterocycles. The predicted molar refractivity (Wildman–Crippen MR) is 74.4 cm³/mol. The standard InChI is InChI=1S/C13H16N4OS/c1-4-16-5-2-11(1)17(7-6-16)13-15-14-12(18-13)10-3-8-19-9-10/h3,8-9,11H,1-2,4-7H2. The van der Waals surface area contributed by atoms with Crippen molar-refractivity contribution in [1.29, 1.82) is 0 Å². The van der Waals surface area contributed by atoms with Crippen LogP contribution in [0.3, 0.4) is 0 Å². The lowest BCUT2D eigenvalue weighted by Crippen LogP contribution is -2.38. The van der Waals surface area contributed by atoms with E-state index in [-0.39, 0.29) is 0 Å². The summed E-state index contributed by atoms with van der Waals surface area (Å²) in [7, 11) is 0. The molecule has 0 atom stereocenters. The molecular weight excluding hydrogens is 260 g/mol. The molecule has 0 radical (unpaired) electrons. The fraction of sp³-hybridized carbons (Fsp3) is 0.538. The quantitative estimate of drug-likeness (QED) is 0.840. The number of fused-ring (bicyclic) bond motifs is 4. The van der Waals surface area contributed by atoms with E-state index in [4.69, 9.17) is 4.42 Å². The molecule has 5 rings (SSSR count). The zero-order valence-electron chi connectivity index (χ0n) is 10.7. The Bertz CT molecular complexity index is 545. The van der Waals surface area contributed by atoms with Crippen LogP contribution >= 0.6 is 11.3 Å². The van der Waals surface area contributed by atoms with Crippen molar-refractivity contribution in [2.45, 2.75) is 18.9 Å². The molecule has 2 aromatic heterocycles. The Balaban J connectivity index is 1.62. The molecule has 3 aliphatic heterocycles. The second-order valence-corrected chi connectivity index (χ2v) is 5.95. The molecule has 0 saturated carbocycles. The van der Waals surface area contributed by atoms with E-state index >= 15 is 0 Å². The molecule has 3 saturated heterocycles. The minimum Gasteiger partial charge on any atom is -0.403 e. The first kappa shape index (κ1) is 11.4. The molecule has 5 nitrogen and oxygen atoms in total. The van der Waals surface area contributed by atoms with Crippen molar-refractivity contribution in [3.63, 3.8) is 0 Å². The van der Waals surface area contributed by atoms with Crippen molar-refractivity contribution in [3.8, 4) is 11.5 Å². The number of hydrogen-bond donors (Lipinski definition) is 0. The smallest absolute Gasteiger partial charge is 0.318 e. The SMILES string of the molecule is c1cc(-c2nnc(N3CCN4CCC3CC4)o2)cs1. The van der Waals surface area contributed by atoms with E-state index in [0.29, 0.717) is 17.9 Å². The van der Waals surface area contributed by atoms with Gasteiger partial charge in [0.15, 0.2) is 0 Å². The molecule has 0 aromatic carbocycles. The summed E-state index contributed by atoms with van der Waals surface area (Å²) in [4.78, 5) is 4.82. The van der Waals surface area contributed by atoms with E-state index in [1.165, 1.54) is 25.9 Å². The lowest BCUT2D eigenvalue weighted by atomic mass is 10.1. The highest BCUT2D eigenvalue weighted by Gasteiger charge is 2.31. The third-order valence-electron chi connectivity index (χ3n) is 4.08. The fourth-order valence-electron chi connectivity index (χ4n) is 2.97. The van der Waals surface area contributed by atoms with Gasteiger partial charge in [0, 0.05) is 43.2 Å². The van der Waals surface area contributed by atoms with E-state index in [2.05, 4.69) is 20.0 Å². The van der Waals surface area contributed by atoms with Gasteiger partial charge < -0.3 is 14.2 Å². The summed E-state index contributed by atoms with van der Waals surface area (Å²) in [6.07, 6.45) is 2.41. The Morgan fingerprint density at radius 3 is 2.84 bits per heavy atom. The molecule has 100 valence electrons. The van der Waals surface area contributed by atoms with Gasteiger partial charge >= 0.3 is 6.01 Å². The number of nitrogens with zero attached hydrogens (tertiary/aromatic N) is 4. The van der Waals surface area contributed by atoms with E-state index in [0.717, 1.165) is 18.7 Å². The number of thiophene rings is 1. The minimum atomic E-state index is 0.564. The van der Waals surface area contributed by atoms with Crippen LogP contribution in [-0.4, -0.2) is 47.3 Å². The van der Waals surface area contributed by atoms with E-state index in [1.807, 2.05) is 16.8 Å². The van der Waals surface area contributed by atoms with Crippen molar-refractivity contribution in [2.75, 3.05) is 31.1 Å². The number of aromatic nitrogens is 2. The van der Waals surface area contributed by atoms with Gasteiger partial charge in [0.1, 0.15) is 0 Å². The van der Waals surface area contributed by atoms with Crippen LogP contribution in [0.4, 0.5) is 6.01 Å². The maximum Gasteiger partial charge on any atom is 0.318 e. The minimum absolute atomic E-state index is 0.564. The molecule has 3 fully saturated rings. The van der Waals surface area contributed by atoms with Crippen LogP contribution in [0.1, 0.15) is 12.8 Å². The molecule has 0 aliphatic carbocycles. The average molecular weight is 276 g/mol. The van der Waals surface area contributed by atoms with Gasteiger partial charge in [-0.1, -0.05) is 5.10 Å². The first-order valence-electron chi connectivity index (χ1n) is 6.75. The Kier molecular flexibility index (Phi) is 2.77.